The number of benzene rings is 2. The molecular formula is C50H66O4S3. The van der Waals surface area contributed by atoms with Crippen LogP contribution in [0, 0.1) is 11.8 Å². The summed E-state index contributed by atoms with van der Waals surface area (Å²) >= 11 is 4.93. The van der Waals surface area contributed by atoms with Crippen LogP contribution in [0.5, 0.6) is 11.5 Å². The molecule has 1 aliphatic rings. The Labute approximate surface area is 354 Å². The highest BCUT2D eigenvalue weighted by molar-refractivity contribution is 7.26. The average Bonchev–Trinajstić information content (AvgIpc) is 4.00. The molecule has 2 aromatic carbocycles. The number of thiophene rings is 3. The smallest absolute Gasteiger partial charge is 0.196 e. The number of hydrogen-bond donors (Lipinski definition) is 0. The molecule has 0 saturated carbocycles. The largest absolute Gasteiger partial charge is 0.491 e. The molecule has 4 nitrogen and oxygen atoms in total. The van der Waals surface area contributed by atoms with Gasteiger partial charge in [-0.1, -0.05) is 119 Å². The molecule has 2 atom stereocenters. The Bertz CT molecular complexity index is 2030. The van der Waals surface area contributed by atoms with E-state index in [2.05, 4.69) is 71.2 Å². The van der Waals surface area contributed by atoms with Gasteiger partial charge in [-0.05, 0) is 91.1 Å². The summed E-state index contributed by atoms with van der Waals surface area (Å²) < 4.78 is 16.0. The van der Waals surface area contributed by atoms with Gasteiger partial charge in [0.25, 0.3) is 0 Å². The van der Waals surface area contributed by atoms with Crippen LogP contribution in [0.25, 0.3) is 29.9 Å². The number of rotatable bonds is 25. The summed E-state index contributed by atoms with van der Waals surface area (Å²) in [4.78, 5) is 31.0. The maximum atomic E-state index is 14.8. The van der Waals surface area contributed by atoms with Crippen LogP contribution in [0.3, 0.4) is 0 Å². The van der Waals surface area contributed by atoms with Crippen molar-refractivity contribution >= 4 is 65.7 Å². The fourth-order valence-corrected chi connectivity index (χ4v) is 11.7. The number of aryl methyl sites for hydroxylation is 2. The molecule has 3 heterocycles. The first-order valence-electron chi connectivity index (χ1n) is 22.5. The van der Waals surface area contributed by atoms with Crippen molar-refractivity contribution in [2.24, 2.45) is 11.8 Å². The molecule has 0 N–H and O–H groups in total. The lowest BCUT2D eigenvalue weighted by atomic mass is 9.81. The molecule has 5 aromatic rings. The van der Waals surface area contributed by atoms with E-state index in [1.54, 1.807) is 22.7 Å². The molecule has 1 aliphatic carbocycles. The normalized spacial score (nSPS) is 13.7. The molecule has 0 radical (unpaired) electrons. The van der Waals surface area contributed by atoms with E-state index in [0.717, 1.165) is 92.8 Å². The first kappa shape index (κ1) is 43.6. The summed E-state index contributed by atoms with van der Waals surface area (Å²) in [6.07, 6.45) is 20.6. The van der Waals surface area contributed by atoms with Gasteiger partial charge >= 0.3 is 0 Å². The molecule has 0 amide bonds. The van der Waals surface area contributed by atoms with Gasteiger partial charge in [0.05, 0.1) is 33.1 Å². The molecule has 0 bridgehead atoms. The third-order valence-corrected chi connectivity index (χ3v) is 15.4. The number of carbonyl (C=O) groups is 2. The molecule has 7 heteroatoms. The molecule has 0 aliphatic heterocycles. The number of unbranched alkanes of at least 4 members (excludes halogenated alkanes) is 8. The molecular weight excluding hydrogens is 761 g/mol. The van der Waals surface area contributed by atoms with Crippen LogP contribution in [0.15, 0.2) is 35.0 Å². The Kier molecular flexibility index (Phi) is 16.3. The molecule has 0 saturated heterocycles. The van der Waals surface area contributed by atoms with Crippen molar-refractivity contribution in [1.82, 2.24) is 0 Å². The van der Waals surface area contributed by atoms with E-state index >= 15 is 0 Å². The zero-order chi connectivity index (χ0) is 40.3. The maximum absolute atomic E-state index is 14.8. The van der Waals surface area contributed by atoms with Crippen LogP contribution >= 0.6 is 34.0 Å². The number of ether oxygens (including phenoxy) is 2. The SMILES string of the molecule is CCCCCCc1cc2c(cc1CCCCCC)C(=O)c1c(csc1-c1cc3c(OCC(CC)CCCC)c4sccc4c(OCC(CC)CCCC)c3s1)C2=O. The summed E-state index contributed by atoms with van der Waals surface area (Å²) in [6.45, 7) is 14.9. The predicted molar refractivity (Wildman–Crippen MR) is 247 cm³/mol. The van der Waals surface area contributed by atoms with E-state index in [1.165, 1.54) is 86.7 Å². The standard InChI is InChI=1S/C50H66O4S3/c1-7-13-17-19-23-35-27-38-39(28-36(35)24-20-18-14-8-2)45(52)43-41(44(38)51)32-56-50(43)42-29-40-47(54-31-34(12-6)22-16-10-4)48-37(25-26-55-48)46(49(40)57-42)53-30-33(11-5)21-15-9-3/h25-29,32-34H,7-24,30-31H2,1-6H3. The third-order valence-electron chi connectivity index (χ3n) is 12.2. The quantitative estimate of drug-likeness (QED) is 0.0540. The van der Waals surface area contributed by atoms with Crippen LogP contribution in [-0.4, -0.2) is 24.8 Å². The van der Waals surface area contributed by atoms with Gasteiger partial charge in [0, 0.05) is 37.7 Å². The lowest BCUT2D eigenvalue weighted by Gasteiger charge is -2.20. The lowest BCUT2D eigenvalue weighted by Crippen LogP contribution is -2.21. The predicted octanol–water partition coefficient (Wildman–Crippen LogP) is 16.1. The molecule has 0 fully saturated rings. The Balaban J connectivity index is 1.42. The summed E-state index contributed by atoms with van der Waals surface area (Å²) in [7, 11) is 0. The van der Waals surface area contributed by atoms with Gasteiger partial charge in [0.2, 0.25) is 0 Å². The zero-order valence-electron chi connectivity index (χ0n) is 35.6. The zero-order valence-corrected chi connectivity index (χ0v) is 38.1. The van der Waals surface area contributed by atoms with Gasteiger partial charge in [-0.2, -0.15) is 0 Å². The fraction of sp³-hybridized carbons (Fsp3) is 0.560. The van der Waals surface area contributed by atoms with Crippen LogP contribution < -0.4 is 9.47 Å². The topological polar surface area (TPSA) is 52.6 Å². The van der Waals surface area contributed by atoms with Gasteiger partial charge in [-0.25, -0.2) is 0 Å². The summed E-state index contributed by atoms with van der Waals surface area (Å²) in [5, 5.41) is 6.24. The van der Waals surface area contributed by atoms with Crippen molar-refractivity contribution in [3.63, 3.8) is 0 Å². The Morgan fingerprint density at radius 2 is 1.14 bits per heavy atom. The van der Waals surface area contributed by atoms with Crippen molar-refractivity contribution < 1.29 is 19.1 Å². The highest BCUT2D eigenvalue weighted by atomic mass is 32.1. The molecule has 2 unspecified atom stereocenters. The van der Waals surface area contributed by atoms with Gasteiger partial charge in [0.15, 0.2) is 11.6 Å². The molecule has 6 rings (SSSR count). The van der Waals surface area contributed by atoms with Crippen molar-refractivity contribution in [3.05, 3.63) is 68.4 Å². The van der Waals surface area contributed by atoms with Crippen molar-refractivity contribution in [3.8, 4) is 21.3 Å². The Hall–Kier alpha value is -3.00. The van der Waals surface area contributed by atoms with E-state index < -0.39 is 0 Å². The Morgan fingerprint density at radius 3 is 1.70 bits per heavy atom. The highest BCUT2D eigenvalue weighted by Gasteiger charge is 2.35. The molecule has 3 aromatic heterocycles. The molecule has 57 heavy (non-hydrogen) atoms. The number of fused-ring (bicyclic) bond motifs is 4. The minimum absolute atomic E-state index is 0.0144. The van der Waals surface area contributed by atoms with Crippen LogP contribution in [-0.2, 0) is 12.8 Å². The summed E-state index contributed by atoms with van der Waals surface area (Å²) in [6, 6.07) is 8.60. The first-order chi connectivity index (χ1) is 27.9. The third kappa shape index (κ3) is 9.90. The second-order valence-corrected chi connectivity index (χ2v) is 19.3. The first-order valence-corrected chi connectivity index (χ1v) is 25.0. The van der Waals surface area contributed by atoms with E-state index in [-0.39, 0.29) is 11.6 Å². The van der Waals surface area contributed by atoms with E-state index in [0.29, 0.717) is 47.3 Å². The van der Waals surface area contributed by atoms with Crippen molar-refractivity contribution in [1.29, 1.82) is 0 Å². The molecule has 308 valence electrons. The monoisotopic (exact) mass is 826 g/mol. The number of carbonyl (C=O) groups excluding carboxylic acids is 2. The minimum Gasteiger partial charge on any atom is -0.491 e. The number of hydrogen-bond acceptors (Lipinski definition) is 7. The van der Waals surface area contributed by atoms with Gasteiger partial charge < -0.3 is 9.47 Å². The van der Waals surface area contributed by atoms with E-state index in [9.17, 15) is 9.59 Å². The van der Waals surface area contributed by atoms with Crippen LogP contribution in [0.4, 0.5) is 0 Å². The van der Waals surface area contributed by atoms with Gasteiger partial charge in [-0.3, -0.25) is 9.59 Å². The highest BCUT2D eigenvalue weighted by Crippen LogP contribution is 2.52. The van der Waals surface area contributed by atoms with Crippen LogP contribution in [0.1, 0.15) is 187 Å². The van der Waals surface area contributed by atoms with E-state index in [1.807, 2.05) is 5.38 Å². The second-order valence-electron chi connectivity index (χ2n) is 16.4. The van der Waals surface area contributed by atoms with Gasteiger partial charge in [0.1, 0.15) is 11.5 Å². The fourth-order valence-electron chi connectivity index (χ4n) is 8.46. The van der Waals surface area contributed by atoms with Gasteiger partial charge in [-0.15, -0.1) is 34.0 Å². The van der Waals surface area contributed by atoms with Crippen LogP contribution in [0.2, 0.25) is 0 Å². The van der Waals surface area contributed by atoms with Crippen molar-refractivity contribution in [2.75, 3.05) is 13.2 Å². The summed E-state index contributed by atoms with van der Waals surface area (Å²) in [5.41, 5.74) is 4.80. The minimum atomic E-state index is -0.0157. The average molecular weight is 827 g/mol. The lowest BCUT2D eigenvalue weighted by molar-refractivity contribution is 0.0980. The summed E-state index contributed by atoms with van der Waals surface area (Å²) in [5.74, 6) is 2.81. The Morgan fingerprint density at radius 1 is 0.579 bits per heavy atom. The molecule has 0 spiro atoms. The van der Waals surface area contributed by atoms with Crippen molar-refractivity contribution in [2.45, 2.75) is 157 Å². The van der Waals surface area contributed by atoms with E-state index in [4.69, 9.17) is 9.47 Å². The maximum Gasteiger partial charge on any atom is 0.196 e. The number of ketones is 2. The second kappa shape index (κ2) is 21.3.